The Morgan fingerprint density at radius 3 is 2.11 bits per heavy atom. The molecule has 2 aromatic carbocycles. The van der Waals surface area contributed by atoms with Crippen LogP contribution in [0.4, 0.5) is 0 Å². The van der Waals surface area contributed by atoms with Crippen LogP contribution >= 0.6 is 27.5 Å². The number of halogens is 2. The first-order valence-corrected chi connectivity index (χ1v) is 9.57. The molecule has 2 heterocycles. The molecule has 2 aromatic heterocycles. The molecule has 0 saturated carbocycles. The van der Waals surface area contributed by atoms with E-state index in [0.717, 1.165) is 26.7 Å². The number of ketones is 1. The van der Waals surface area contributed by atoms with Gasteiger partial charge in [0.1, 0.15) is 5.69 Å². The van der Waals surface area contributed by atoms with Gasteiger partial charge in [-0.1, -0.05) is 57.9 Å². The van der Waals surface area contributed by atoms with Crippen molar-refractivity contribution < 1.29 is 14.7 Å². The van der Waals surface area contributed by atoms with E-state index in [4.69, 9.17) is 11.6 Å². The maximum absolute atomic E-state index is 12.7. The standard InChI is InChI=1S/C22H13BrClNO3/c23-15-8-4-14(5-9-15)19-18(13-6-10-16(24)11-7-13)17-3-1-2-12-25(17)20(19)21(26)22(27)28/h1-12H,(H,27,28). The molecule has 0 aliphatic rings. The van der Waals surface area contributed by atoms with Gasteiger partial charge in [0.05, 0.1) is 5.52 Å². The summed E-state index contributed by atoms with van der Waals surface area (Å²) < 4.78 is 2.52. The maximum Gasteiger partial charge on any atom is 0.378 e. The molecule has 28 heavy (non-hydrogen) atoms. The number of aromatic nitrogens is 1. The van der Waals surface area contributed by atoms with Crippen molar-refractivity contribution in [2.75, 3.05) is 0 Å². The van der Waals surface area contributed by atoms with Crippen LogP contribution in [0.3, 0.4) is 0 Å². The summed E-state index contributed by atoms with van der Waals surface area (Å²) >= 11 is 9.46. The van der Waals surface area contributed by atoms with Gasteiger partial charge in [-0.3, -0.25) is 4.79 Å². The van der Waals surface area contributed by atoms with Crippen molar-refractivity contribution >= 4 is 44.8 Å². The number of carbonyl (C=O) groups excluding carboxylic acids is 1. The lowest BCUT2D eigenvalue weighted by molar-refractivity contribution is -0.131. The zero-order chi connectivity index (χ0) is 19.8. The minimum atomic E-state index is -1.50. The number of hydrogen-bond acceptors (Lipinski definition) is 2. The number of carboxylic acid groups (broad SMARTS) is 1. The van der Waals surface area contributed by atoms with Gasteiger partial charge in [-0.15, -0.1) is 0 Å². The molecule has 0 aliphatic heterocycles. The van der Waals surface area contributed by atoms with Crippen LogP contribution in [0.2, 0.25) is 5.02 Å². The summed E-state index contributed by atoms with van der Waals surface area (Å²) in [6.45, 7) is 0. The number of benzene rings is 2. The maximum atomic E-state index is 12.7. The Balaban J connectivity index is 2.16. The number of carbonyl (C=O) groups is 2. The summed E-state index contributed by atoms with van der Waals surface area (Å²) in [5.41, 5.74) is 3.82. The fraction of sp³-hybridized carbons (Fsp3) is 0. The lowest BCUT2D eigenvalue weighted by atomic mass is 9.94. The third-order valence-electron chi connectivity index (χ3n) is 4.52. The fourth-order valence-electron chi connectivity index (χ4n) is 3.34. The van der Waals surface area contributed by atoms with Crippen LogP contribution in [-0.2, 0) is 4.79 Å². The van der Waals surface area contributed by atoms with Gasteiger partial charge in [-0.05, 0) is 47.5 Å². The van der Waals surface area contributed by atoms with E-state index < -0.39 is 11.8 Å². The van der Waals surface area contributed by atoms with Crippen molar-refractivity contribution in [2.24, 2.45) is 0 Å². The molecule has 6 heteroatoms. The number of rotatable bonds is 4. The van der Waals surface area contributed by atoms with Gasteiger partial charge in [-0.2, -0.15) is 0 Å². The molecule has 0 spiro atoms. The molecule has 1 N–H and O–H groups in total. The molecule has 4 rings (SSSR count). The van der Waals surface area contributed by atoms with Crippen molar-refractivity contribution in [3.8, 4) is 22.3 Å². The molecule has 0 unspecified atom stereocenters. The molecule has 0 bridgehead atoms. The quantitative estimate of drug-likeness (QED) is 0.306. The molecule has 0 atom stereocenters. The van der Waals surface area contributed by atoms with Crippen LogP contribution < -0.4 is 0 Å². The highest BCUT2D eigenvalue weighted by Gasteiger charge is 2.28. The van der Waals surface area contributed by atoms with Crippen molar-refractivity contribution in [3.63, 3.8) is 0 Å². The topological polar surface area (TPSA) is 58.8 Å². The summed E-state index contributed by atoms with van der Waals surface area (Å²) in [5, 5.41) is 10.0. The van der Waals surface area contributed by atoms with Crippen LogP contribution in [0.15, 0.2) is 77.4 Å². The summed E-state index contributed by atoms with van der Waals surface area (Å²) in [5.74, 6) is -2.45. The van der Waals surface area contributed by atoms with Crippen molar-refractivity contribution in [1.82, 2.24) is 4.40 Å². The second-order valence-corrected chi connectivity index (χ2v) is 7.55. The Morgan fingerprint density at radius 2 is 1.46 bits per heavy atom. The smallest absolute Gasteiger partial charge is 0.378 e. The zero-order valence-corrected chi connectivity index (χ0v) is 16.7. The highest BCUT2D eigenvalue weighted by Crippen LogP contribution is 2.41. The average molecular weight is 455 g/mol. The molecule has 4 nitrogen and oxygen atoms in total. The molecular weight excluding hydrogens is 442 g/mol. The third-order valence-corrected chi connectivity index (χ3v) is 5.30. The molecule has 0 fully saturated rings. The molecule has 138 valence electrons. The number of hydrogen-bond donors (Lipinski definition) is 1. The second-order valence-electron chi connectivity index (χ2n) is 6.20. The molecule has 0 aliphatic carbocycles. The Morgan fingerprint density at radius 1 is 0.857 bits per heavy atom. The van der Waals surface area contributed by atoms with E-state index >= 15 is 0 Å². The Bertz CT molecular complexity index is 1210. The molecule has 0 radical (unpaired) electrons. The van der Waals surface area contributed by atoms with Gasteiger partial charge in [0.2, 0.25) is 0 Å². The van der Waals surface area contributed by atoms with E-state index in [1.807, 2.05) is 48.5 Å². The second kappa shape index (κ2) is 7.26. The first-order valence-electron chi connectivity index (χ1n) is 8.40. The number of carboxylic acids is 1. The first kappa shape index (κ1) is 18.5. The van der Waals surface area contributed by atoms with Gasteiger partial charge >= 0.3 is 5.97 Å². The van der Waals surface area contributed by atoms with Gasteiger partial charge in [0, 0.05) is 26.8 Å². The van der Waals surface area contributed by atoms with Crippen LogP contribution in [-0.4, -0.2) is 21.3 Å². The summed E-state index contributed by atoms with van der Waals surface area (Å²) in [4.78, 5) is 24.3. The van der Waals surface area contributed by atoms with E-state index in [1.54, 1.807) is 28.8 Å². The Hall–Kier alpha value is -2.89. The SMILES string of the molecule is O=C(O)C(=O)c1c(-c2ccc(Br)cc2)c(-c2ccc(Cl)cc2)c2ccccn12. The number of pyridine rings is 1. The Kier molecular flexibility index (Phi) is 4.79. The fourth-order valence-corrected chi connectivity index (χ4v) is 3.73. The van der Waals surface area contributed by atoms with Gasteiger partial charge < -0.3 is 9.51 Å². The largest absolute Gasteiger partial charge is 0.475 e. The van der Waals surface area contributed by atoms with Gasteiger partial charge in [0.25, 0.3) is 5.78 Å². The van der Waals surface area contributed by atoms with Crippen molar-refractivity contribution in [3.05, 3.63) is 88.1 Å². The van der Waals surface area contributed by atoms with Gasteiger partial charge in [0.15, 0.2) is 0 Å². The van der Waals surface area contributed by atoms with E-state index in [1.165, 1.54) is 0 Å². The van der Waals surface area contributed by atoms with Crippen LogP contribution in [0.25, 0.3) is 27.8 Å². The van der Waals surface area contributed by atoms with Crippen LogP contribution in [0.1, 0.15) is 10.5 Å². The zero-order valence-electron chi connectivity index (χ0n) is 14.4. The van der Waals surface area contributed by atoms with Crippen molar-refractivity contribution in [1.29, 1.82) is 0 Å². The number of Topliss-reactive ketones (excluding diaryl/α,β-unsaturated/α-hetero) is 1. The molecule has 0 amide bonds. The first-order chi connectivity index (χ1) is 13.5. The predicted molar refractivity (Wildman–Crippen MR) is 113 cm³/mol. The minimum Gasteiger partial charge on any atom is -0.475 e. The minimum absolute atomic E-state index is 0.121. The van der Waals surface area contributed by atoms with E-state index in [0.29, 0.717) is 10.6 Å². The van der Waals surface area contributed by atoms with E-state index in [9.17, 15) is 14.7 Å². The predicted octanol–water partition coefficient (Wildman–Crippen LogP) is 5.96. The monoisotopic (exact) mass is 453 g/mol. The van der Waals surface area contributed by atoms with Crippen molar-refractivity contribution in [2.45, 2.75) is 0 Å². The number of nitrogens with zero attached hydrogens (tertiary/aromatic N) is 1. The molecule has 4 aromatic rings. The average Bonchev–Trinajstić information content (AvgIpc) is 3.03. The van der Waals surface area contributed by atoms with E-state index in [2.05, 4.69) is 15.9 Å². The summed E-state index contributed by atoms with van der Waals surface area (Å²) in [7, 11) is 0. The molecular formula is C22H13BrClNO3. The number of aliphatic carboxylic acids is 1. The van der Waals surface area contributed by atoms with Gasteiger partial charge in [-0.25, -0.2) is 4.79 Å². The lowest BCUT2D eigenvalue weighted by Gasteiger charge is -2.08. The molecule has 0 saturated heterocycles. The lowest BCUT2D eigenvalue weighted by Crippen LogP contribution is -2.16. The third kappa shape index (κ3) is 3.13. The normalized spacial score (nSPS) is 10.9. The van der Waals surface area contributed by atoms with E-state index in [-0.39, 0.29) is 5.69 Å². The summed E-state index contributed by atoms with van der Waals surface area (Å²) in [6, 6.07) is 20.2. The highest BCUT2D eigenvalue weighted by atomic mass is 79.9. The van der Waals surface area contributed by atoms with Crippen LogP contribution in [0.5, 0.6) is 0 Å². The Labute approximate surface area is 174 Å². The summed E-state index contributed by atoms with van der Waals surface area (Å²) in [6.07, 6.45) is 1.70. The highest BCUT2D eigenvalue weighted by molar-refractivity contribution is 9.10. The van der Waals surface area contributed by atoms with Crippen LogP contribution in [0, 0.1) is 0 Å². The number of fused-ring (bicyclic) bond motifs is 1.